The molecule has 0 aromatic heterocycles. The van der Waals surface area contributed by atoms with E-state index >= 15 is 0 Å². The van der Waals surface area contributed by atoms with Crippen LogP contribution in [0.25, 0.3) is 0 Å². The lowest BCUT2D eigenvalue weighted by Crippen LogP contribution is -2.52. The van der Waals surface area contributed by atoms with E-state index in [1.165, 1.54) is 0 Å². The van der Waals surface area contributed by atoms with E-state index < -0.39 is 0 Å². The number of ether oxygens (including phenoxy) is 3. The van der Waals surface area contributed by atoms with Gasteiger partial charge >= 0.3 is 0 Å². The molecule has 2 fully saturated rings. The van der Waals surface area contributed by atoms with E-state index in [2.05, 4.69) is 4.90 Å². The largest absolute Gasteiger partial charge is 0.497 e. The highest BCUT2D eigenvalue weighted by Gasteiger charge is 2.37. The van der Waals surface area contributed by atoms with Gasteiger partial charge in [-0.05, 0) is 25.0 Å². The molecule has 23 heavy (non-hydrogen) atoms. The van der Waals surface area contributed by atoms with Crippen molar-refractivity contribution < 1.29 is 19.3 Å². The van der Waals surface area contributed by atoms with Crippen molar-refractivity contribution in [3.8, 4) is 11.5 Å². The molecule has 1 aromatic carbocycles. The molecule has 1 aliphatic heterocycles. The predicted molar refractivity (Wildman–Crippen MR) is 88.0 cm³/mol. The first-order valence-electron chi connectivity index (χ1n) is 8.54. The van der Waals surface area contributed by atoms with Crippen molar-refractivity contribution in [2.24, 2.45) is 5.92 Å². The summed E-state index contributed by atoms with van der Waals surface area (Å²) in [4.78, 5) is 2.42. The quantitative estimate of drug-likeness (QED) is 0.868. The molecule has 0 bridgehead atoms. The van der Waals surface area contributed by atoms with Gasteiger partial charge in [-0.3, -0.25) is 4.90 Å². The summed E-state index contributed by atoms with van der Waals surface area (Å²) in [5, 5.41) is 10.2. The van der Waals surface area contributed by atoms with Gasteiger partial charge in [0.15, 0.2) is 0 Å². The predicted octanol–water partition coefficient (Wildman–Crippen LogP) is 1.94. The lowest BCUT2D eigenvalue weighted by molar-refractivity contribution is -0.0532. The minimum Gasteiger partial charge on any atom is -0.497 e. The lowest BCUT2D eigenvalue weighted by atomic mass is 9.94. The zero-order valence-electron chi connectivity index (χ0n) is 13.8. The summed E-state index contributed by atoms with van der Waals surface area (Å²) < 4.78 is 16.7. The minimum atomic E-state index is -0.177. The van der Waals surface area contributed by atoms with Crippen molar-refractivity contribution in [2.45, 2.75) is 31.4 Å². The zero-order chi connectivity index (χ0) is 16.1. The van der Waals surface area contributed by atoms with Gasteiger partial charge in [-0.1, -0.05) is 12.5 Å². The average Bonchev–Trinajstić information content (AvgIpc) is 3.01. The fourth-order valence-electron chi connectivity index (χ4n) is 3.72. The Morgan fingerprint density at radius 1 is 1.30 bits per heavy atom. The number of rotatable bonds is 6. The van der Waals surface area contributed by atoms with Gasteiger partial charge < -0.3 is 19.3 Å². The van der Waals surface area contributed by atoms with Crippen LogP contribution >= 0.6 is 0 Å². The van der Waals surface area contributed by atoms with E-state index in [1.54, 1.807) is 7.11 Å². The highest BCUT2D eigenvalue weighted by atomic mass is 16.5. The maximum Gasteiger partial charge on any atom is 0.123 e. The Labute approximate surface area is 138 Å². The first-order valence-corrected chi connectivity index (χ1v) is 8.54. The number of morpholine rings is 1. The van der Waals surface area contributed by atoms with Gasteiger partial charge in [0.25, 0.3) is 0 Å². The maximum absolute atomic E-state index is 10.2. The molecular weight excluding hydrogens is 294 g/mol. The second kappa shape index (κ2) is 7.99. The number of benzene rings is 1. The summed E-state index contributed by atoms with van der Waals surface area (Å²) in [5.41, 5.74) is 0. The van der Waals surface area contributed by atoms with Crippen LogP contribution in [-0.4, -0.2) is 62.2 Å². The van der Waals surface area contributed by atoms with Crippen molar-refractivity contribution in [1.29, 1.82) is 0 Å². The molecule has 3 atom stereocenters. The summed E-state index contributed by atoms with van der Waals surface area (Å²) >= 11 is 0. The second-order valence-electron chi connectivity index (χ2n) is 6.37. The van der Waals surface area contributed by atoms with Crippen molar-refractivity contribution in [1.82, 2.24) is 4.90 Å². The van der Waals surface area contributed by atoms with Gasteiger partial charge in [0.05, 0.1) is 26.4 Å². The highest BCUT2D eigenvalue weighted by molar-refractivity contribution is 5.32. The molecule has 0 spiro atoms. The smallest absolute Gasteiger partial charge is 0.123 e. The Bertz CT molecular complexity index is 496. The van der Waals surface area contributed by atoms with Crippen molar-refractivity contribution in [3.05, 3.63) is 24.3 Å². The number of aliphatic hydroxyl groups is 1. The molecule has 3 rings (SSSR count). The molecule has 1 aliphatic carbocycles. The molecule has 1 heterocycles. The van der Waals surface area contributed by atoms with Crippen LogP contribution in [-0.2, 0) is 4.74 Å². The summed E-state index contributed by atoms with van der Waals surface area (Å²) in [7, 11) is 1.66. The van der Waals surface area contributed by atoms with Crippen LogP contribution in [0.2, 0.25) is 0 Å². The molecule has 1 saturated heterocycles. The Balaban J connectivity index is 1.53. The number of nitrogens with zero attached hydrogens (tertiary/aromatic N) is 1. The molecule has 5 nitrogen and oxygen atoms in total. The molecule has 0 amide bonds. The van der Waals surface area contributed by atoms with E-state index in [9.17, 15) is 5.11 Å². The van der Waals surface area contributed by atoms with Gasteiger partial charge in [0, 0.05) is 31.1 Å². The second-order valence-corrected chi connectivity index (χ2v) is 6.37. The molecule has 0 unspecified atom stereocenters. The zero-order valence-corrected chi connectivity index (χ0v) is 13.8. The summed E-state index contributed by atoms with van der Waals surface area (Å²) in [6.07, 6.45) is 2.97. The molecule has 1 saturated carbocycles. The summed E-state index contributed by atoms with van der Waals surface area (Å²) in [6, 6.07) is 8.00. The number of hydrogen-bond donors (Lipinski definition) is 1. The van der Waals surface area contributed by atoms with E-state index in [4.69, 9.17) is 14.2 Å². The highest BCUT2D eigenvalue weighted by Crippen LogP contribution is 2.32. The van der Waals surface area contributed by atoms with Gasteiger partial charge in [-0.15, -0.1) is 0 Å². The van der Waals surface area contributed by atoms with Gasteiger partial charge in [-0.25, -0.2) is 0 Å². The molecule has 1 aromatic rings. The van der Waals surface area contributed by atoms with Crippen molar-refractivity contribution in [2.75, 3.05) is 40.0 Å². The fourth-order valence-corrected chi connectivity index (χ4v) is 3.72. The summed E-state index contributed by atoms with van der Waals surface area (Å²) in [5.74, 6) is 1.98. The maximum atomic E-state index is 10.2. The summed E-state index contributed by atoms with van der Waals surface area (Å²) in [6.45, 7) is 3.88. The van der Waals surface area contributed by atoms with Crippen LogP contribution in [0.15, 0.2) is 24.3 Å². The van der Waals surface area contributed by atoms with Crippen molar-refractivity contribution >= 4 is 0 Å². The first-order chi connectivity index (χ1) is 11.3. The SMILES string of the molecule is COc1cccc(OCCN2CCOC[C@@H]2[C@@H]2CCC[C@@H]2O)c1. The lowest BCUT2D eigenvalue weighted by Gasteiger charge is -2.40. The van der Waals surface area contributed by atoms with Gasteiger partial charge in [0.2, 0.25) is 0 Å². The third kappa shape index (κ3) is 4.16. The topological polar surface area (TPSA) is 51.2 Å². The van der Waals surface area contributed by atoms with Crippen LogP contribution in [0.1, 0.15) is 19.3 Å². The first kappa shape index (κ1) is 16.6. The molecule has 2 aliphatic rings. The number of methoxy groups -OCH3 is 1. The van der Waals surface area contributed by atoms with Crippen LogP contribution in [0.5, 0.6) is 11.5 Å². The third-order valence-electron chi connectivity index (χ3n) is 4.99. The third-order valence-corrected chi connectivity index (χ3v) is 4.99. The van der Waals surface area contributed by atoms with Crippen molar-refractivity contribution in [3.63, 3.8) is 0 Å². The Morgan fingerprint density at radius 2 is 2.17 bits per heavy atom. The Morgan fingerprint density at radius 3 is 2.96 bits per heavy atom. The standard InChI is InChI=1S/C18H27NO4/c1-21-14-4-2-5-15(12-14)23-11-9-19-8-10-22-13-17(19)16-6-3-7-18(16)20/h2,4-5,12,16-18,20H,3,6-11,13H2,1H3/t16-,17+,18-/m0/s1. The van der Waals surface area contributed by atoms with E-state index in [0.717, 1.165) is 57.1 Å². The molecule has 0 radical (unpaired) electrons. The van der Waals surface area contributed by atoms with Crippen LogP contribution in [0.4, 0.5) is 0 Å². The normalized spacial score (nSPS) is 28.7. The molecule has 1 N–H and O–H groups in total. The fraction of sp³-hybridized carbons (Fsp3) is 0.667. The van der Waals surface area contributed by atoms with Crippen LogP contribution in [0.3, 0.4) is 0 Å². The van der Waals surface area contributed by atoms with E-state index in [0.29, 0.717) is 18.6 Å². The molecular formula is C18H27NO4. The van der Waals surface area contributed by atoms with E-state index in [1.807, 2.05) is 24.3 Å². The van der Waals surface area contributed by atoms with Crippen LogP contribution in [0, 0.1) is 5.92 Å². The van der Waals surface area contributed by atoms with Gasteiger partial charge in [0.1, 0.15) is 18.1 Å². The van der Waals surface area contributed by atoms with E-state index in [-0.39, 0.29) is 6.10 Å². The van der Waals surface area contributed by atoms with Crippen LogP contribution < -0.4 is 9.47 Å². The molecule has 5 heteroatoms. The Kier molecular flexibility index (Phi) is 5.75. The van der Waals surface area contributed by atoms with Gasteiger partial charge in [-0.2, -0.15) is 0 Å². The molecule has 128 valence electrons. The monoisotopic (exact) mass is 321 g/mol. The Hall–Kier alpha value is -1.30. The number of aliphatic hydroxyl groups excluding tert-OH is 1. The average molecular weight is 321 g/mol. The minimum absolute atomic E-state index is 0.177. The number of hydrogen-bond acceptors (Lipinski definition) is 5.